The van der Waals surface area contributed by atoms with E-state index in [1.54, 1.807) is 11.8 Å². The van der Waals surface area contributed by atoms with E-state index in [4.69, 9.17) is 4.74 Å². The molecule has 0 saturated carbocycles. The lowest BCUT2D eigenvalue weighted by atomic mass is 9.87. The minimum Gasteiger partial charge on any atom is -0.494 e. The van der Waals surface area contributed by atoms with Crippen molar-refractivity contribution in [2.45, 2.75) is 57.5 Å². The summed E-state index contributed by atoms with van der Waals surface area (Å²) < 4.78 is 7.69. The average Bonchev–Trinajstić information content (AvgIpc) is 3.25. The van der Waals surface area contributed by atoms with Gasteiger partial charge in [-0.1, -0.05) is 74.5 Å². The molecule has 0 radical (unpaired) electrons. The maximum atomic E-state index is 5.54. The van der Waals surface area contributed by atoms with Crippen LogP contribution < -0.4 is 10.1 Å². The standard InChI is InChI=1S/C29H34N4OS/c1-6-34-26-17-13-24(14-18-26)30-19-27-31-32-28(33(27)25-15-7-21(2)8-16-25)35-20-22-9-11-23(12-10-22)29(3,4)5/h7-18,30H,6,19-20H2,1-5H3. The molecule has 182 valence electrons. The Balaban J connectivity index is 1.52. The van der Waals surface area contributed by atoms with Crippen molar-refractivity contribution in [3.63, 3.8) is 0 Å². The number of aryl methyl sites for hydroxylation is 1. The van der Waals surface area contributed by atoms with E-state index in [-0.39, 0.29) is 5.41 Å². The van der Waals surface area contributed by atoms with Crippen LogP contribution >= 0.6 is 11.8 Å². The molecule has 4 rings (SSSR count). The number of rotatable bonds is 9. The van der Waals surface area contributed by atoms with Gasteiger partial charge in [0, 0.05) is 17.1 Å². The molecular weight excluding hydrogens is 452 g/mol. The van der Waals surface area contributed by atoms with E-state index in [0.717, 1.165) is 33.9 Å². The molecule has 0 amide bonds. The van der Waals surface area contributed by atoms with Crippen LogP contribution in [0.4, 0.5) is 5.69 Å². The van der Waals surface area contributed by atoms with E-state index < -0.39 is 0 Å². The fourth-order valence-corrected chi connectivity index (χ4v) is 4.65. The van der Waals surface area contributed by atoms with Crippen molar-refractivity contribution in [3.8, 4) is 11.4 Å². The third-order valence-corrected chi connectivity index (χ3v) is 6.80. The third-order valence-electron chi connectivity index (χ3n) is 5.80. The first kappa shape index (κ1) is 24.9. The minimum absolute atomic E-state index is 0.155. The summed E-state index contributed by atoms with van der Waals surface area (Å²) in [6.07, 6.45) is 0. The molecular formula is C29H34N4OS. The summed E-state index contributed by atoms with van der Waals surface area (Å²) in [7, 11) is 0. The molecule has 0 fully saturated rings. The van der Waals surface area contributed by atoms with E-state index in [9.17, 15) is 0 Å². The largest absolute Gasteiger partial charge is 0.494 e. The lowest BCUT2D eigenvalue weighted by Gasteiger charge is -2.19. The molecule has 6 heteroatoms. The second kappa shape index (κ2) is 11.0. The first-order chi connectivity index (χ1) is 16.8. The Hall–Kier alpha value is -3.25. The van der Waals surface area contributed by atoms with Gasteiger partial charge in [-0.05, 0) is 66.8 Å². The number of ether oxygens (including phenoxy) is 1. The lowest BCUT2D eigenvalue weighted by Crippen LogP contribution is -2.10. The number of hydrogen-bond donors (Lipinski definition) is 1. The molecule has 0 aliphatic carbocycles. The van der Waals surface area contributed by atoms with Crippen molar-refractivity contribution in [1.82, 2.24) is 14.8 Å². The highest BCUT2D eigenvalue weighted by Gasteiger charge is 2.16. The van der Waals surface area contributed by atoms with Crippen LogP contribution in [0.1, 0.15) is 50.2 Å². The molecule has 0 unspecified atom stereocenters. The topological polar surface area (TPSA) is 52.0 Å². The molecule has 0 aliphatic rings. The summed E-state index contributed by atoms with van der Waals surface area (Å²) in [5, 5.41) is 13.5. The number of benzene rings is 3. The Morgan fingerprint density at radius 2 is 1.57 bits per heavy atom. The predicted molar refractivity (Wildman–Crippen MR) is 146 cm³/mol. The van der Waals surface area contributed by atoms with Crippen molar-refractivity contribution >= 4 is 17.4 Å². The van der Waals surface area contributed by atoms with Crippen molar-refractivity contribution < 1.29 is 4.74 Å². The Morgan fingerprint density at radius 1 is 0.886 bits per heavy atom. The molecule has 0 atom stereocenters. The number of anilines is 1. The first-order valence-electron chi connectivity index (χ1n) is 12.0. The van der Waals surface area contributed by atoms with Gasteiger partial charge < -0.3 is 10.1 Å². The summed E-state index contributed by atoms with van der Waals surface area (Å²) in [5.41, 5.74) is 6.08. The maximum absolute atomic E-state index is 5.54. The second-order valence-corrected chi connectivity index (χ2v) is 10.6. The zero-order valence-corrected chi connectivity index (χ0v) is 22.0. The van der Waals surface area contributed by atoms with Gasteiger partial charge >= 0.3 is 0 Å². The summed E-state index contributed by atoms with van der Waals surface area (Å²) in [4.78, 5) is 0. The average molecular weight is 487 g/mol. The van der Waals surface area contributed by atoms with Gasteiger partial charge in [0.05, 0.1) is 13.2 Å². The van der Waals surface area contributed by atoms with Gasteiger partial charge in [0.1, 0.15) is 5.75 Å². The highest BCUT2D eigenvalue weighted by Crippen LogP contribution is 2.28. The Bertz CT molecular complexity index is 1220. The lowest BCUT2D eigenvalue weighted by molar-refractivity contribution is 0.340. The van der Waals surface area contributed by atoms with Crippen molar-refractivity contribution in [3.05, 3.63) is 95.3 Å². The zero-order chi connectivity index (χ0) is 24.8. The number of thioether (sulfide) groups is 1. The molecule has 3 aromatic carbocycles. The molecule has 1 heterocycles. The summed E-state index contributed by atoms with van der Waals surface area (Å²) in [6, 6.07) is 25.4. The van der Waals surface area contributed by atoms with Crippen LogP contribution in [-0.4, -0.2) is 21.4 Å². The first-order valence-corrected chi connectivity index (χ1v) is 13.0. The van der Waals surface area contributed by atoms with Crippen LogP contribution in [-0.2, 0) is 17.7 Å². The molecule has 1 N–H and O–H groups in total. The fourth-order valence-electron chi connectivity index (χ4n) is 3.73. The number of aromatic nitrogens is 3. The van der Waals surface area contributed by atoms with Crippen molar-refractivity contribution in [2.24, 2.45) is 0 Å². The van der Waals surface area contributed by atoms with Gasteiger partial charge in [-0.3, -0.25) is 4.57 Å². The molecule has 35 heavy (non-hydrogen) atoms. The summed E-state index contributed by atoms with van der Waals surface area (Å²) in [5.74, 6) is 2.57. The van der Waals surface area contributed by atoms with Gasteiger partial charge in [-0.15, -0.1) is 10.2 Å². The second-order valence-electron chi connectivity index (χ2n) is 9.62. The van der Waals surface area contributed by atoms with E-state index in [1.807, 2.05) is 31.2 Å². The molecule has 0 aliphatic heterocycles. The van der Waals surface area contributed by atoms with Crippen LogP contribution in [0.3, 0.4) is 0 Å². The van der Waals surface area contributed by atoms with Crippen LogP contribution in [0, 0.1) is 6.92 Å². The monoisotopic (exact) mass is 486 g/mol. The van der Waals surface area contributed by atoms with Crippen molar-refractivity contribution in [1.29, 1.82) is 0 Å². The Morgan fingerprint density at radius 3 is 2.20 bits per heavy atom. The summed E-state index contributed by atoms with van der Waals surface area (Å²) >= 11 is 1.71. The predicted octanol–water partition coefficient (Wildman–Crippen LogP) is 7.18. The molecule has 1 aromatic heterocycles. The SMILES string of the molecule is CCOc1ccc(NCc2nnc(SCc3ccc(C(C)(C)C)cc3)n2-c2ccc(C)cc2)cc1. The maximum Gasteiger partial charge on any atom is 0.196 e. The zero-order valence-electron chi connectivity index (χ0n) is 21.2. The molecule has 0 bridgehead atoms. The quantitative estimate of drug-likeness (QED) is 0.254. The molecule has 0 saturated heterocycles. The highest BCUT2D eigenvalue weighted by atomic mass is 32.2. The number of nitrogens with zero attached hydrogens (tertiary/aromatic N) is 3. The van der Waals surface area contributed by atoms with Crippen molar-refractivity contribution in [2.75, 3.05) is 11.9 Å². The molecule has 0 spiro atoms. The van der Waals surface area contributed by atoms with Gasteiger partial charge in [-0.25, -0.2) is 0 Å². The smallest absolute Gasteiger partial charge is 0.196 e. The molecule has 4 aromatic rings. The minimum atomic E-state index is 0.155. The number of nitrogens with one attached hydrogen (secondary N) is 1. The van der Waals surface area contributed by atoms with Gasteiger partial charge in [0.15, 0.2) is 11.0 Å². The number of hydrogen-bond acceptors (Lipinski definition) is 5. The van der Waals surface area contributed by atoms with Gasteiger partial charge in [0.2, 0.25) is 0 Å². The third kappa shape index (κ3) is 6.45. The van der Waals surface area contributed by atoms with Gasteiger partial charge in [-0.2, -0.15) is 0 Å². The normalized spacial score (nSPS) is 11.5. The van der Waals surface area contributed by atoms with Crippen LogP contribution in [0.5, 0.6) is 5.75 Å². The van der Waals surface area contributed by atoms with Crippen LogP contribution in [0.2, 0.25) is 0 Å². The van der Waals surface area contributed by atoms with E-state index in [2.05, 4.69) is 96.3 Å². The Kier molecular flexibility index (Phi) is 7.81. The Labute approximate surface area is 213 Å². The van der Waals surface area contributed by atoms with E-state index in [1.165, 1.54) is 16.7 Å². The fraction of sp³-hybridized carbons (Fsp3) is 0.310. The highest BCUT2D eigenvalue weighted by molar-refractivity contribution is 7.98. The van der Waals surface area contributed by atoms with E-state index >= 15 is 0 Å². The van der Waals surface area contributed by atoms with E-state index in [0.29, 0.717) is 13.2 Å². The molecule has 5 nitrogen and oxygen atoms in total. The van der Waals surface area contributed by atoms with Gasteiger partial charge in [0.25, 0.3) is 0 Å². The van der Waals surface area contributed by atoms with Crippen LogP contribution in [0.25, 0.3) is 5.69 Å². The summed E-state index contributed by atoms with van der Waals surface area (Å²) in [6.45, 7) is 12.0. The van der Waals surface area contributed by atoms with Crippen LogP contribution in [0.15, 0.2) is 78.0 Å².